The second-order valence-electron chi connectivity index (χ2n) is 6.66. The van der Waals surface area contributed by atoms with Crippen LogP contribution in [0.3, 0.4) is 0 Å². The second-order valence-corrected chi connectivity index (χ2v) is 6.66. The van der Waals surface area contributed by atoms with Gasteiger partial charge in [-0.25, -0.2) is 0 Å². The first-order valence-electron chi connectivity index (χ1n) is 7.20. The lowest BCUT2D eigenvalue weighted by Crippen LogP contribution is -2.25. The highest BCUT2D eigenvalue weighted by molar-refractivity contribution is 6.44. The largest absolute Gasteiger partial charge is 0.508 e. The molecule has 1 atom stereocenters. The Morgan fingerprint density at radius 2 is 1.95 bits per heavy atom. The standard InChI is InChI=1S/C17H22O3/c1-11-5-4-8-17(2,3)10-15(19)16(20)14-9-12(18)6-7-13(11)14/h6-7,9,11,18H,4-5,8,10H2,1-3H3. The van der Waals surface area contributed by atoms with Crippen molar-refractivity contribution in [1.82, 2.24) is 0 Å². The highest BCUT2D eigenvalue weighted by Gasteiger charge is 2.30. The Morgan fingerprint density at radius 1 is 1.25 bits per heavy atom. The Labute approximate surface area is 120 Å². The highest BCUT2D eigenvalue weighted by atomic mass is 16.3. The number of carbonyl (C=O) groups is 2. The van der Waals surface area contributed by atoms with Crippen LogP contribution in [0.25, 0.3) is 0 Å². The second kappa shape index (κ2) is 5.39. The first-order valence-corrected chi connectivity index (χ1v) is 7.20. The van der Waals surface area contributed by atoms with E-state index in [9.17, 15) is 14.7 Å². The van der Waals surface area contributed by atoms with Crippen molar-refractivity contribution in [2.75, 3.05) is 0 Å². The fourth-order valence-electron chi connectivity index (χ4n) is 2.97. The molecule has 108 valence electrons. The molecule has 1 aliphatic rings. The molecule has 1 aromatic carbocycles. The molecule has 3 nitrogen and oxygen atoms in total. The number of carbonyl (C=O) groups excluding carboxylic acids is 2. The van der Waals surface area contributed by atoms with Crippen molar-refractivity contribution in [2.45, 2.75) is 52.4 Å². The summed E-state index contributed by atoms with van der Waals surface area (Å²) in [7, 11) is 0. The van der Waals surface area contributed by atoms with Crippen LogP contribution in [0.1, 0.15) is 68.3 Å². The third kappa shape index (κ3) is 3.09. The number of Topliss-reactive ketones (excluding diaryl/α,β-unsaturated/α-hetero) is 2. The molecule has 0 aromatic heterocycles. The predicted octanol–water partition coefficient (Wildman–Crippen LogP) is 3.85. The Hall–Kier alpha value is -1.64. The molecule has 20 heavy (non-hydrogen) atoms. The quantitative estimate of drug-likeness (QED) is 0.731. The van der Waals surface area contributed by atoms with Crippen molar-refractivity contribution in [1.29, 1.82) is 0 Å². The van der Waals surface area contributed by atoms with Crippen molar-refractivity contribution in [3.05, 3.63) is 29.3 Å². The third-order valence-electron chi connectivity index (χ3n) is 4.20. The topological polar surface area (TPSA) is 54.4 Å². The minimum Gasteiger partial charge on any atom is -0.508 e. The van der Waals surface area contributed by atoms with E-state index < -0.39 is 5.78 Å². The molecule has 1 aliphatic carbocycles. The molecule has 3 heteroatoms. The Kier molecular flexibility index (Phi) is 3.98. The average Bonchev–Trinajstić information content (AvgIpc) is 2.35. The summed E-state index contributed by atoms with van der Waals surface area (Å²) in [5.41, 5.74) is 1.11. The first-order chi connectivity index (χ1) is 9.30. The minimum atomic E-state index is -0.460. The predicted molar refractivity (Wildman–Crippen MR) is 78.1 cm³/mol. The van der Waals surface area contributed by atoms with E-state index in [2.05, 4.69) is 6.92 Å². The molecule has 0 radical (unpaired) electrons. The highest BCUT2D eigenvalue weighted by Crippen LogP contribution is 2.35. The lowest BCUT2D eigenvalue weighted by atomic mass is 9.77. The van der Waals surface area contributed by atoms with Gasteiger partial charge in [-0.3, -0.25) is 9.59 Å². The molecular weight excluding hydrogens is 252 g/mol. The van der Waals surface area contributed by atoms with E-state index >= 15 is 0 Å². The molecule has 0 spiro atoms. The fourth-order valence-corrected chi connectivity index (χ4v) is 2.97. The van der Waals surface area contributed by atoms with Crippen LogP contribution in [0.4, 0.5) is 0 Å². The van der Waals surface area contributed by atoms with Crippen LogP contribution < -0.4 is 0 Å². The Bertz CT molecular complexity index is 543. The third-order valence-corrected chi connectivity index (χ3v) is 4.20. The lowest BCUT2D eigenvalue weighted by Gasteiger charge is -2.26. The maximum atomic E-state index is 12.4. The molecule has 0 saturated carbocycles. The van der Waals surface area contributed by atoms with Crippen LogP contribution in [0.15, 0.2) is 18.2 Å². The van der Waals surface area contributed by atoms with Crippen molar-refractivity contribution in [2.24, 2.45) is 5.41 Å². The zero-order valence-electron chi connectivity index (χ0n) is 12.4. The molecule has 0 aliphatic heterocycles. The van der Waals surface area contributed by atoms with Crippen molar-refractivity contribution < 1.29 is 14.7 Å². The van der Waals surface area contributed by atoms with Crippen LogP contribution in [-0.2, 0) is 4.79 Å². The van der Waals surface area contributed by atoms with Crippen LogP contribution >= 0.6 is 0 Å². The number of benzene rings is 1. The number of aromatic hydroxyl groups is 1. The van der Waals surface area contributed by atoms with Gasteiger partial charge in [-0.2, -0.15) is 0 Å². The van der Waals surface area contributed by atoms with E-state index in [-0.39, 0.29) is 29.3 Å². The molecule has 0 amide bonds. The summed E-state index contributed by atoms with van der Waals surface area (Å²) in [6.07, 6.45) is 3.25. The van der Waals surface area contributed by atoms with E-state index in [1.54, 1.807) is 12.1 Å². The maximum absolute atomic E-state index is 12.4. The van der Waals surface area contributed by atoms with Crippen molar-refractivity contribution in [3.8, 4) is 5.75 Å². The van der Waals surface area contributed by atoms with Gasteiger partial charge in [0.15, 0.2) is 0 Å². The lowest BCUT2D eigenvalue weighted by molar-refractivity contribution is -0.117. The van der Waals surface area contributed by atoms with Crippen molar-refractivity contribution >= 4 is 11.6 Å². The van der Waals surface area contributed by atoms with Gasteiger partial charge in [-0.05, 0) is 41.9 Å². The monoisotopic (exact) mass is 274 g/mol. The van der Waals surface area contributed by atoms with Gasteiger partial charge in [0, 0.05) is 12.0 Å². The molecule has 1 aromatic rings. The van der Waals surface area contributed by atoms with Gasteiger partial charge in [0.25, 0.3) is 0 Å². The minimum absolute atomic E-state index is 0.0356. The normalized spacial score (nSPS) is 23.2. The molecule has 0 fully saturated rings. The average molecular weight is 274 g/mol. The van der Waals surface area contributed by atoms with Crippen LogP contribution in [0.2, 0.25) is 0 Å². The molecule has 0 bridgehead atoms. The van der Waals surface area contributed by atoms with Gasteiger partial charge in [0.05, 0.1) is 0 Å². The van der Waals surface area contributed by atoms with E-state index in [0.29, 0.717) is 5.56 Å². The number of hydrogen-bond acceptors (Lipinski definition) is 3. The zero-order chi connectivity index (χ0) is 14.9. The summed E-state index contributed by atoms with van der Waals surface area (Å²) in [4.78, 5) is 24.6. The number of fused-ring (bicyclic) bond motifs is 1. The smallest absolute Gasteiger partial charge is 0.229 e. The summed E-state index contributed by atoms with van der Waals surface area (Å²) in [6.45, 7) is 6.14. The van der Waals surface area contributed by atoms with Crippen LogP contribution in [-0.4, -0.2) is 16.7 Å². The Balaban J connectivity index is 2.47. The first kappa shape index (κ1) is 14.8. The summed E-state index contributed by atoms with van der Waals surface area (Å²) >= 11 is 0. The summed E-state index contributed by atoms with van der Waals surface area (Å²) < 4.78 is 0. The summed E-state index contributed by atoms with van der Waals surface area (Å²) in [6, 6.07) is 4.79. The summed E-state index contributed by atoms with van der Waals surface area (Å²) in [5, 5.41) is 9.61. The molecule has 0 heterocycles. The fraction of sp³-hybridized carbons (Fsp3) is 0.529. The van der Waals surface area contributed by atoms with Crippen molar-refractivity contribution in [3.63, 3.8) is 0 Å². The van der Waals surface area contributed by atoms with Gasteiger partial charge in [0.2, 0.25) is 11.6 Å². The molecule has 1 unspecified atom stereocenters. The van der Waals surface area contributed by atoms with Gasteiger partial charge < -0.3 is 5.11 Å². The van der Waals surface area contributed by atoms with Crippen LogP contribution in [0.5, 0.6) is 5.75 Å². The van der Waals surface area contributed by atoms with E-state index in [1.807, 2.05) is 13.8 Å². The maximum Gasteiger partial charge on any atom is 0.229 e. The van der Waals surface area contributed by atoms with E-state index in [0.717, 1.165) is 24.8 Å². The SMILES string of the molecule is CC1CCCC(C)(C)CC(=O)C(=O)c2cc(O)ccc21. The number of ketones is 2. The van der Waals surface area contributed by atoms with E-state index in [4.69, 9.17) is 0 Å². The van der Waals surface area contributed by atoms with Crippen LogP contribution in [0, 0.1) is 5.41 Å². The number of hydrogen-bond donors (Lipinski definition) is 1. The van der Waals surface area contributed by atoms with Gasteiger partial charge >= 0.3 is 0 Å². The number of phenolic OH excluding ortho intramolecular Hbond substituents is 1. The molecule has 1 N–H and O–H groups in total. The molecule has 0 saturated heterocycles. The Morgan fingerprint density at radius 3 is 2.65 bits per heavy atom. The van der Waals surface area contributed by atoms with Gasteiger partial charge in [-0.15, -0.1) is 0 Å². The van der Waals surface area contributed by atoms with Gasteiger partial charge in [0.1, 0.15) is 5.75 Å². The van der Waals surface area contributed by atoms with E-state index in [1.165, 1.54) is 6.07 Å². The number of rotatable bonds is 0. The van der Waals surface area contributed by atoms with Gasteiger partial charge in [-0.1, -0.05) is 33.3 Å². The zero-order valence-corrected chi connectivity index (χ0v) is 12.4. The summed E-state index contributed by atoms with van der Waals surface area (Å²) in [5.74, 6) is -0.557. The molecule has 2 rings (SSSR count). The number of phenols is 1. The molecular formula is C17H22O3.